The molecule has 0 unspecified atom stereocenters. The van der Waals surface area contributed by atoms with Crippen LogP contribution in [0.5, 0.6) is 0 Å². The van der Waals surface area contributed by atoms with Crippen LogP contribution >= 0.6 is 0 Å². The van der Waals surface area contributed by atoms with E-state index in [1.165, 1.54) is 18.5 Å². The van der Waals surface area contributed by atoms with Crippen LogP contribution in [0.4, 0.5) is 4.39 Å². The molecule has 1 amide bonds. The minimum atomic E-state index is -0.535. The van der Waals surface area contributed by atoms with Crippen molar-refractivity contribution >= 4 is 5.91 Å². The monoisotopic (exact) mass is 328 g/mol. The van der Waals surface area contributed by atoms with Gasteiger partial charge in [-0.1, -0.05) is 18.6 Å². The highest BCUT2D eigenvalue weighted by Crippen LogP contribution is 2.46. The number of carbonyl (C=O) groups is 1. The van der Waals surface area contributed by atoms with Crippen molar-refractivity contribution in [2.75, 3.05) is 13.1 Å². The summed E-state index contributed by atoms with van der Waals surface area (Å²) in [6, 6.07) is 6.72. The van der Waals surface area contributed by atoms with Gasteiger partial charge in [-0.15, -0.1) is 0 Å². The molecular formula is C18H21FN4O. The summed E-state index contributed by atoms with van der Waals surface area (Å²) in [5, 5.41) is 4.22. The van der Waals surface area contributed by atoms with Crippen molar-refractivity contribution < 1.29 is 9.18 Å². The van der Waals surface area contributed by atoms with Crippen LogP contribution < -0.4 is 0 Å². The van der Waals surface area contributed by atoms with Crippen LogP contribution in [-0.4, -0.2) is 38.7 Å². The molecule has 1 aliphatic heterocycles. The highest BCUT2D eigenvalue weighted by Gasteiger charge is 2.48. The fourth-order valence-corrected chi connectivity index (χ4v) is 4.01. The quantitative estimate of drug-likeness (QED) is 0.870. The first kappa shape index (κ1) is 15.3. The molecule has 0 bridgehead atoms. The minimum absolute atomic E-state index is 0.143. The smallest absolute Gasteiger partial charge is 0.233 e. The maximum absolute atomic E-state index is 13.7. The SMILES string of the molecule is O=C(N1CCC[C@H](n2cncn2)C1)C1(c2cccc(F)c2)CCC1. The second kappa shape index (κ2) is 6.00. The number of hydrogen-bond acceptors (Lipinski definition) is 3. The van der Waals surface area contributed by atoms with Gasteiger partial charge in [0.15, 0.2) is 0 Å². The first-order valence-corrected chi connectivity index (χ1v) is 8.59. The second-order valence-corrected chi connectivity index (χ2v) is 6.87. The molecule has 2 fully saturated rings. The van der Waals surface area contributed by atoms with Gasteiger partial charge in [-0.3, -0.25) is 4.79 Å². The topological polar surface area (TPSA) is 51.0 Å². The summed E-state index contributed by atoms with van der Waals surface area (Å²) < 4.78 is 15.5. The Balaban J connectivity index is 1.57. The number of carbonyl (C=O) groups excluding carboxylic acids is 1. The van der Waals surface area contributed by atoms with Gasteiger partial charge >= 0.3 is 0 Å². The molecule has 1 saturated heterocycles. The lowest BCUT2D eigenvalue weighted by Crippen LogP contribution is -2.53. The average molecular weight is 328 g/mol. The summed E-state index contributed by atoms with van der Waals surface area (Å²) in [7, 11) is 0. The Morgan fingerprint density at radius 1 is 1.29 bits per heavy atom. The number of piperidine rings is 1. The highest BCUT2D eigenvalue weighted by molar-refractivity contribution is 5.89. The molecule has 0 spiro atoms. The Kier molecular flexibility index (Phi) is 3.82. The largest absolute Gasteiger partial charge is 0.340 e. The van der Waals surface area contributed by atoms with Gasteiger partial charge in [-0.25, -0.2) is 14.1 Å². The van der Waals surface area contributed by atoms with E-state index in [1.807, 2.05) is 15.6 Å². The third-order valence-electron chi connectivity index (χ3n) is 5.49. The second-order valence-electron chi connectivity index (χ2n) is 6.87. The maximum atomic E-state index is 13.7. The van der Waals surface area contributed by atoms with Gasteiger partial charge in [0.25, 0.3) is 0 Å². The summed E-state index contributed by atoms with van der Waals surface area (Å²) in [5.74, 6) is -0.130. The van der Waals surface area contributed by atoms with Crippen molar-refractivity contribution in [1.82, 2.24) is 19.7 Å². The normalized spacial score (nSPS) is 22.9. The van der Waals surface area contributed by atoms with Crippen molar-refractivity contribution in [3.8, 4) is 0 Å². The Morgan fingerprint density at radius 2 is 2.17 bits per heavy atom. The van der Waals surface area contributed by atoms with E-state index in [4.69, 9.17) is 0 Å². The van der Waals surface area contributed by atoms with Gasteiger partial charge in [0.1, 0.15) is 18.5 Å². The fourth-order valence-electron chi connectivity index (χ4n) is 4.01. The molecule has 0 N–H and O–H groups in total. The predicted octanol–water partition coefficient (Wildman–Crippen LogP) is 2.70. The molecule has 1 atom stereocenters. The van der Waals surface area contributed by atoms with Gasteiger partial charge in [0.2, 0.25) is 5.91 Å². The molecule has 5 nitrogen and oxygen atoms in total. The fraction of sp³-hybridized carbons (Fsp3) is 0.500. The third-order valence-corrected chi connectivity index (χ3v) is 5.49. The number of amides is 1. The molecule has 126 valence electrons. The summed E-state index contributed by atoms with van der Waals surface area (Å²) in [6.45, 7) is 1.42. The van der Waals surface area contributed by atoms with E-state index in [-0.39, 0.29) is 17.8 Å². The third kappa shape index (κ3) is 2.50. The first-order valence-electron chi connectivity index (χ1n) is 8.59. The molecule has 0 radical (unpaired) electrons. The lowest BCUT2D eigenvalue weighted by Gasteiger charge is -2.45. The van der Waals surface area contributed by atoms with Crippen molar-refractivity contribution in [3.63, 3.8) is 0 Å². The van der Waals surface area contributed by atoms with E-state index in [1.54, 1.807) is 12.4 Å². The Bertz CT molecular complexity index is 726. The van der Waals surface area contributed by atoms with E-state index in [2.05, 4.69) is 10.1 Å². The van der Waals surface area contributed by atoms with Crippen molar-refractivity contribution in [2.45, 2.75) is 43.6 Å². The van der Waals surface area contributed by atoms with Gasteiger partial charge in [0, 0.05) is 13.1 Å². The van der Waals surface area contributed by atoms with E-state index < -0.39 is 5.41 Å². The molecule has 4 rings (SSSR count). The highest BCUT2D eigenvalue weighted by atomic mass is 19.1. The molecule has 2 heterocycles. The van der Waals surface area contributed by atoms with Crippen LogP contribution in [0.1, 0.15) is 43.7 Å². The summed E-state index contributed by atoms with van der Waals surface area (Å²) in [6.07, 6.45) is 7.82. The van der Waals surface area contributed by atoms with Gasteiger partial charge < -0.3 is 4.90 Å². The molecule has 1 aromatic carbocycles. The Morgan fingerprint density at radius 3 is 2.83 bits per heavy atom. The zero-order valence-electron chi connectivity index (χ0n) is 13.6. The van der Waals surface area contributed by atoms with Crippen LogP contribution in [-0.2, 0) is 10.2 Å². The summed E-state index contributed by atoms with van der Waals surface area (Å²) in [4.78, 5) is 19.2. The maximum Gasteiger partial charge on any atom is 0.233 e. The number of nitrogens with zero attached hydrogens (tertiary/aromatic N) is 4. The van der Waals surface area contributed by atoms with Crippen molar-refractivity contribution in [2.24, 2.45) is 0 Å². The van der Waals surface area contributed by atoms with Gasteiger partial charge in [-0.05, 0) is 43.4 Å². The number of hydrogen-bond donors (Lipinski definition) is 0. The van der Waals surface area contributed by atoms with Crippen LogP contribution in [0.25, 0.3) is 0 Å². The molecule has 1 aromatic heterocycles. The Labute approximate surface area is 140 Å². The van der Waals surface area contributed by atoms with Crippen molar-refractivity contribution in [3.05, 3.63) is 48.3 Å². The minimum Gasteiger partial charge on any atom is -0.340 e. The zero-order valence-corrected chi connectivity index (χ0v) is 13.6. The van der Waals surface area contributed by atoms with Crippen LogP contribution in [0.3, 0.4) is 0 Å². The molecule has 1 saturated carbocycles. The van der Waals surface area contributed by atoms with Crippen LogP contribution in [0.2, 0.25) is 0 Å². The molecule has 24 heavy (non-hydrogen) atoms. The first-order chi connectivity index (χ1) is 11.7. The van der Waals surface area contributed by atoms with Crippen molar-refractivity contribution in [1.29, 1.82) is 0 Å². The lowest BCUT2D eigenvalue weighted by atomic mass is 9.63. The molecule has 2 aliphatic rings. The summed E-state index contributed by atoms with van der Waals surface area (Å²) >= 11 is 0. The predicted molar refractivity (Wildman–Crippen MR) is 86.8 cm³/mol. The standard InChI is InChI=1S/C18H21FN4O/c19-15-5-1-4-14(10-15)18(7-3-8-18)17(24)22-9-2-6-16(11-22)23-13-20-12-21-23/h1,4-5,10,12-13,16H,2-3,6-9,11H2/t16-/m0/s1. The number of likely N-dealkylation sites (tertiary alicyclic amines) is 1. The average Bonchev–Trinajstić information content (AvgIpc) is 3.08. The number of halogens is 1. The van der Waals surface area contributed by atoms with Gasteiger partial charge in [-0.2, -0.15) is 5.10 Å². The van der Waals surface area contributed by atoms with E-state index in [9.17, 15) is 9.18 Å². The number of rotatable bonds is 3. The van der Waals surface area contributed by atoms with E-state index in [0.717, 1.165) is 44.2 Å². The number of benzene rings is 1. The zero-order chi connectivity index (χ0) is 16.6. The summed E-state index contributed by atoms with van der Waals surface area (Å²) in [5.41, 5.74) is 0.286. The molecule has 6 heteroatoms. The molecule has 2 aromatic rings. The van der Waals surface area contributed by atoms with E-state index >= 15 is 0 Å². The molecular weight excluding hydrogens is 307 g/mol. The lowest BCUT2D eigenvalue weighted by molar-refractivity contribution is -0.142. The van der Waals surface area contributed by atoms with E-state index in [0.29, 0.717) is 6.54 Å². The molecule has 1 aliphatic carbocycles. The van der Waals surface area contributed by atoms with Crippen LogP contribution in [0, 0.1) is 5.82 Å². The van der Waals surface area contributed by atoms with Crippen LogP contribution in [0.15, 0.2) is 36.9 Å². The number of aromatic nitrogens is 3. The van der Waals surface area contributed by atoms with Gasteiger partial charge in [0.05, 0.1) is 11.5 Å². The Hall–Kier alpha value is -2.24.